The summed E-state index contributed by atoms with van der Waals surface area (Å²) < 4.78 is 13.4. The van der Waals surface area contributed by atoms with Crippen LogP contribution in [0.25, 0.3) is 11.1 Å². The number of aliphatic imine (C=N–C) groups is 1. The number of halogens is 1. The van der Waals surface area contributed by atoms with Gasteiger partial charge in [-0.3, -0.25) is 14.8 Å². The van der Waals surface area contributed by atoms with Gasteiger partial charge in [0.15, 0.2) is 5.78 Å². The maximum Gasteiger partial charge on any atom is 0.195 e. The largest absolute Gasteiger partial charge is 0.386 e. The number of hydrogen-bond acceptors (Lipinski definition) is 5. The van der Waals surface area contributed by atoms with Crippen molar-refractivity contribution in [3.8, 4) is 11.1 Å². The van der Waals surface area contributed by atoms with E-state index in [0.717, 1.165) is 16.7 Å². The van der Waals surface area contributed by atoms with E-state index in [1.165, 1.54) is 6.92 Å². The minimum absolute atomic E-state index is 0.0240. The summed E-state index contributed by atoms with van der Waals surface area (Å²) >= 11 is 0. The van der Waals surface area contributed by atoms with Gasteiger partial charge in [-0.15, -0.1) is 0 Å². The van der Waals surface area contributed by atoms with E-state index < -0.39 is 12.3 Å². The second-order valence-electron chi connectivity index (χ2n) is 7.52. The van der Waals surface area contributed by atoms with Gasteiger partial charge in [0.2, 0.25) is 0 Å². The Morgan fingerprint density at radius 3 is 2.28 bits per heavy atom. The standard InChI is InChI=1S/C23H30FN3O2/c1-6-20(26-16(3)15(2)24)23(29)18-9-7-17(8-10-18)19-11-12-21(25-13-19)22(28)14-27(4)5/h7-13,15,20,23,29H,6,14H2,1-5H3. The van der Waals surface area contributed by atoms with Crippen molar-refractivity contribution >= 4 is 11.5 Å². The number of carbonyl (C=O) groups excluding carboxylic acids is 1. The van der Waals surface area contributed by atoms with Gasteiger partial charge in [0.1, 0.15) is 18.0 Å². The molecule has 2 aromatic rings. The van der Waals surface area contributed by atoms with Gasteiger partial charge in [-0.05, 0) is 51.6 Å². The molecule has 156 valence electrons. The minimum Gasteiger partial charge on any atom is -0.386 e. The predicted octanol–water partition coefficient (Wildman–Crippen LogP) is 4.12. The number of carbonyl (C=O) groups is 1. The van der Waals surface area contributed by atoms with Crippen molar-refractivity contribution in [3.63, 3.8) is 0 Å². The molecule has 0 spiro atoms. The molecule has 0 saturated carbocycles. The Balaban J connectivity index is 2.15. The first kappa shape index (κ1) is 22.8. The maximum atomic E-state index is 13.4. The Bertz CT molecular complexity index is 830. The number of nitrogens with zero attached hydrogens (tertiary/aromatic N) is 3. The number of ketones is 1. The van der Waals surface area contributed by atoms with Crippen LogP contribution >= 0.6 is 0 Å². The van der Waals surface area contributed by atoms with Crippen molar-refractivity contribution in [2.45, 2.75) is 45.5 Å². The van der Waals surface area contributed by atoms with E-state index in [-0.39, 0.29) is 11.8 Å². The van der Waals surface area contributed by atoms with Crippen LogP contribution in [0.15, 0.2) is 47.6 Å². The normalized spacial score (nSPS) is 15.2. The summed E-state index contributed by atoms with van der Waals surface area (Å²) in [5.74, 6) is -0.0240. The SMILES string of the molecule is CCC(N=C(C)C(C)F)C(O)c1ccc(-c2ccc(C(=O)CN(C)C)nc2)cc1. The van der Waals surface area contributed by atoms with Gasteiger partial charge in [-0.25, -0.2) is 4.39 Å². The van der Waals surface area contributed by atoms with Gasteiger partial charge in [0.25, 0.3) is 0 Å². The Labute approximate surface area is 172 Å². The van der Waals surface area contributed by atoms with Crippen LogP contribution in [0.5, 0.6) is 0 Å². The van der Waals surface area contributed by atoms with Crippen LogP contribution in [-0.4, -0.2) is 59.3 Å². The number of aliphatic hydroxyl groups is 1. The average Bonchev–Trinajstić information content (AvgIpc) is 2.71. The lowest BCUT2D eigenvalue weighted by Crippen LogP contribution is -2.22. The van der Waals surface area contributed by atoms with Crippen LogP contribution in [0.2, 0.25) is 0 Å². The molecule has 0 amide bonds. The highest BCUT2D eigenvalue weighted by Crippen LogP contribution is 2.26. The molecule has 6 heteroatoms. The third-order valence-corrected chi connectivity index (χ3v) is 4.82. The molecule has 0 saturated heterocycles. The van der Waals surface area contributed by atoms with Gasteiger partial charge in [-0.2, -0.15) is 0 Å². The molecule has 0 aliphatic heterocycles. The summed E-state index contributed by atoms with van der Waals surface area (Å²) in [6.45, 7) is 5.33. The number of aliphatic hydroxyl groups excluding tert-OH is 1. The number of likely N-dealkylation sites (N-methyl/N-ethyl adjacent to an activating group) is 1. The molecule has 0 aliphatic carbocycles. The number of hydrogen-bond donors (Lipinski definition) is 1. The summed E-state index contributed by atoms with van der Waals surface area (Å²) in [7, 11) is 3.69. The Morgan fingerprint density at radius 2 is 1.79 bits per heavy atom. The molecule has 1 aromatic carbocycles. The van der Waals surface area contributed by atoms with Crippen LogP contribution in [-0.2, 0) is 0 Å². The number of pyridine rings is 1. The molecule has 0 aliphatic rings. The third-order valence-electron chi connectivity index (χ3n) is 4.82. The number of benzene rings is 1. The quantitative estimate of drug-likeness (QED) is 0.509. The molecule has 2 rings (SSSR count). The average molecular weight is 400 g/mol. The molecule has 1 heterocycles. The second kappa shape index (κ2) is 10.4. The van der Waals surface area contributed by atoms with E-state index in [1.54, 1.807) is 19.2 Å². The first-order chi connectivity index (χ1) is 13.7. The maximum absolute atomic E-state index is 13.4. The van der Waals surface area contributed by atoms with E-state index in [2.05, 4.69) is 9.98 Å². The Morgan fingerprint density at radius 1 is 1.17 bits per heavy atom. The summed E-state index contributed by atoms with van der Waals surface area (Å²) in [6, 6.07) is 10.7. The van der Waals surface area contributed by atoms with E-state index in [0.29, 0.717) is 24.4 Å². The van der Waals surface area contributed by atoms with Crippen molar-refractivity contribution < 1.29 is 14.3 Å². The summed E-state index contributed by atoms with van der Waals surface area (Å²) in [6.07, 6.45) is 0.365. The molecule has 0 fully saturated rings. The highest BCUT2D eigenvalue weighted by Gasteiger charge is 2.20. The zero-order valence-electron chi connectivity index (χ0n) is 17.8. The van der Waals surface area contributed by atoms with Gasteiger partial charge in [0.05, 0.1) is 12.6 Å². The van der Waals surface area contributed by atoms with Crippen molar-refractivity contribution in [1.29, 1.82) is 0 Å². The first-order valence-electron chi connectivity index (χ1n) is 9.83. The summed E-state index contributed by atoms with van der Waals surface area (Å²) in [5.41, 5.74) is 3.39. The molecule has 0 radical (unpaired) electrons. The molecule has 3 atom stereocenters. The number of rotatable bonds is 9. The lowest BCUT2D eigenvalue weighted by molar-refractivity contribution is 0.0953. The third kappa shape index (κ3) is 6.27. The van der Waals surface area contributed by atoms with E-state index in [4.69, 9.17) is 0 Å². The Hall–Kier alpha value is -2.44. The van der Waals surface area contributed by atoms with Crippen LogP contribution in [0.4, 0.5) is 4.39 Å². The number of Topliss-reactive ketones (excluding diaryl/α,β-unsaturated/α-hetero) is 1. The van der Waals surface area contributed by atoms with Crippen molar-refractivity contribution in [1.82, 2.24) is 9.88 Å². The van der Waals surface area contributed by atoms with Crippen molar-refractivity contribution in [2.75, 3.05) is 20.6 Å². The van der Waals surface area contributed by atoms with E-state index in [1.807, 2.05) is 56.3 Å². The Kier molecular flexibility index (Phi) is 8.17. The van der Waals surface area contributed by atoms with Crippen molar-refractivity contribution in [2.24, 2.45) is 4.99 Å². The van der Waals surface area contributed by atoms with E-state index >= 15 is 0 Å². The fourth-order valence-electron chi connectivity index (χ4n) is 2.94. The fourth-order valence-corrected chi connectivity index (χ4v) is 2.94. The smallest absolute Gasteiger partial charge is 0.195 e. The van der Waals surface area contributed by atoms with Crippen LogP contribution < -0.4 is 0 Å². The summed E-state index contributed by atoms with van der Waals surface area (Å²) in [4.78, 5) is 22.5. The minimum atomic E-state index is -1.13. The lowest BCUT2D eigenvalue weighted by atomic mass is 9.97. The van der Waals surface area contributed by atoms with E-state index in [9.17, 15) is 14.3 Å². The predicted molar refractivity (Wildman–Crippen MR) is 115 cm³/mol. The van der Waals surface area contributed by atoms with Crippen molar-refractivity contribution in [3.05, 3.63) is 53.9 Å². The number of alkyl halides is 1. The molecule has 5 nitrogen and oxygen atoms in total. The van der Waals surface area contributed by atoms with Gasteiger partial charge in [0, 0.05) is 17.5 Å². The van der Waals surface area contributed by atoms with Crippen LogP contribution in [0.3, 0.4) is 0 Å². The molecule has 1 N–H and O–H groups in total. The second-order valence-corrected chi connectivity index (χ2v) is 7.52. The zero-order valence-corrected chi connectivity index (χ0v) is 17.8. The first-order valence-corrected chi connectivity index (χ1v) is 9.83. The van der Waals surface area contributed by atoms with Gasteiger partial charge >= 0.3 is 0 Å². The highest BCUT2D eigenvalue weighted by atomic mass is 19.1. The molecular weight excluding hydrogens is 369 g/mol. The number of aromatic nitrogens is 1. The highest BCUT2D eigenvalue weighted by molar-refractivity contribution is 5.96. The molecule has 29 heavy (non-hydrogen) atoms. The topological polar surface area (TPSA) is 65.8 Å². The molecular formula is C23H30FN3O2. The van der Waals surface area contributed by atoms with Crippen LogP contribution in [0, 0.1) is 0 Å². The van der Waals surface area contributed by atoms with Gasteiger partial charge < -0.3 is 10.0 Å². The summed E-state index contributed by atoms with van der Waals surface area (Å²) in [5, 5.41) is 10.7. The lowest BCUT2D eigenvalue weighted by Gasteiger charge is -2.20. The van der Waals surface area contributed by atoms with Gasteiger partial charge in [-0.1, -0.05) is 37.3 Å². The zero-order chi connectivity index (χ0) is 21.6. The van der Waals surface area contributed by atoms with Crippen LogP contribution in [0.1, 0.15) is 49.3 Å². The fraction of sp³-hybridized carbons (Fsp3) is 0.435. The molecule has 0 bridgehead atoms. The molecule has 1 aromatic heterocycles. The monoisotopic (exact) mass is 399 g/mol. The molecule has 3 unspecified atom stereocenters.